The van der Waals surface area contributed by atoms with Crippen molar-refractivity contribution in [1.29, 1.82) is 0 Å². The van der Waals surface area contributed by atoms with Crippen LogP contribution < -0.4 is 20.5 Å². The van der Waals surface area contributed by atoms with Crippen molar-refractivity contribution in [3.8, 4) is 16.9 Å². The number of ether oxygens (including phenoxy) is 3. The number of carbonyl (C=O) groups is 1. The molecule has 1 aliphatic rings. The molecule has 8 nitrogen and oxygen atoms in total. The average Bonchev–Trinajstić information content (AvgIpc) is 3.56. The average molecular weight is 748 g/mol. The van der Waals surface area contributed by atoms with Gasteiger partial charge in [0.2, 0.25) is 0 Å². The summed E-state index contributed by atoms with van der Waals surface area (Å²) in [6, 6.07) is 23.2. The number of hydrogen-bond donors (Lipinski definition) is 1. The van der Waals surface area contributed by atoms with Crippen molar-refractivity contribution in [2.24, 2.45) is 0 Å². The Morgan fingerprint density at radius 2 is 1.59 bits per heavy atom. The van der Waals surface area contributed by atoms with E-state index in [1.54, 1.807) is 42.5 Å². The van der Waals surface area contributed by atoms with E-state index in [4.69, 9.17) is 14.2 Å². The van der Waals surface area contributed by atoms with Gasteiger partial charge in [-0.15, -0.1) is 0 Å². The Hall–Kier alpha value is -5.53. The highest BCUT2D eigenvalue weighted by atomic mass is 19.4. The van der Waals surface area contributed by atoms with Gasteiger partial charge >= 0.3 is 12.3 Å². The largest absolute Gasteiger partial charge is 0.494 e. The molecule has 1 amide bonds. The molecule has 2 unspecified atom stereocenters. The van der Waals surface area contributed by atoms with Crippen LogP contribution in [0.1, 0.15) is 45.5 Å². The van der Waals surface area contributed by atoms with Crippen LogP contribution in [-0.2, 0) is 28.7 Å². The highest BCUT2D eigenvalue weighted by Gasteiger charge is 2.43. The zero-order valence-corrected chi connectivity index (χ0v) is 29.8. The highest BCUT2D eigenvalue weighted by molar-refractivity contribution is 5.90. The number of pyridine rings is 1. The molecule has 5 aromatic rings. The lowest BCUT2D eigenvalue weighted by Gasteiger charge is -2.28. The van der Waals surface area contributed by atoms with E-state index in [0.717, 1.165) is 23.8 Å². The molecule has 13 heteroatoms. The molecule has 1 aromatic heterocycles. The lowest BCUT2D eigenvalue weighted by molar-refractivity contribution is -0.138. The predicted molar refractivity (Wildman–Crippen MR) is 194 cm³/mol. The molecule has 2 atom stereocenters. The van der Waals surface area contributed by atoms with Gasteiger partial charge in [-0.25, -0.2) is 13.6 Å². The van der Waals surface area contributed by atoms with Gasteiger partial charge in [0, 0.05) is 36.8 Å². The number of nitrogens with zero attached hydrogens (tertiary/aromatic N) is 2. The second kappa shape index (κ2) is 16.2. The molecule has 0 saturated heterocycles. The summed E-state index contributed by atoms with van der Waals surface area (Å²) < 4.78 is 92.6. The number of anilines is 1. The van der Waals surface area contributed by atoms with E-state index in [0.29, 0.717) is 12.1 Å². The topological polar surface area (TPSA) is 82.0 Å². The van der Waals surface area contributed by atoms with E-state index >= 15 is 13.6 Å². The maximum absolute atomic E-state index is 16.1. The van der Waals surface area contributed by atoms with E-state index in [1.807, 2.05) is 18.2 Å². The van der Waals surface area contributed by atoms with E-state index in [1.165, 1.54) is 48.8 Å². The maximum Gasteiger partial charge on any atom is 0.416 e. The molecule has 4 aromatic carbocycles. The molecular weight excluding hydrogens is 709 g/mol. The van der Waals surface area contributed by atoms with Gasteiger partial charge in [0.1, 0.15) is 18.2 Å². The summed E-state index contributed by atoms with van der Waals surface area (Å²) in [6.45, 7) is 1.73. The summed E-state index contributed by atoms with van der Waals surface area (Å²) >= 11 is 0. The van der Waals surface area contributed by atoms with Crippen LogP contribution in [0.4, 0.5) is 32.6 Å². The number of fused-ring (bicyclic) bond motifs is 1. The minimum absolute atomic E-state index is 0.00489. The number of carbonyl (C=O) groups excluding carboxylic acids is 1. The van der Waals surface area contributed by atoms with Gasteiger partial charge in [-0.1, -0.05) is 78.9 Å². The quantitative estimate of drug-likeness (QED) is 0.102. The fourth-order valence-electron chi connectivity index (χ4n) is 7.03. The molecule has 0 fully saturated rings. The molecule has 0 bridgehead atoms. The van der Waals surface area contributed by atoms with Crippen molar-refractivity contribution in [2.45, 2.75) is 38.2 Å². The first-order valence-corrected chi connectivity index (χ1v) is 17.2. The number of benzene rings is 4. The second-order valence-corrected chi connectivity index (χ2v) is 12.8. The van der Waals surface area contributed by atoms with Crippen LogP contribution >= 0.6 is 0 Å². The minimum atomic E-state index is -4.94. The molecule has 54 heavy (non-hydrogen) atoms. The van der Waals surface area contributed by atoms with Crippen LogP contribution in [0.25, 0.3) is 11.1 Å². The molecule has 0 spiro atoms. The fourth-order valence-corrected chi connectivity index (χ4v) is 7.03. The van der Waals surface area contributed by atoms with Crippen LogP contribution in [0.2, 0.25) is 0 Å². The van der Waals surface area contributed by atoms with Crippen LogP contribution in [0.3, 0.4) is 0 Å². The van der Waals surface area contributed by atoms with Crippen LogP contribution in [0.5, 0.6) is 5.75 Å². The molecule has 282 valence electrons. The minimum Gasteiger partial charge on any atom is -0.494 e. The molecule has 2 heterocycles. The van der Waals surface area contributed by atoms with E-state index in [-0.39, 0.29) is 53.6 Å². The monoisotopic (exact) mass is 747 g/mol. The summed E-state index contributed by atoms with van der Waals surface area (Å²) in [7, 11) is 2.79. The van der Waals surface area contributed by atoms with Gasteiger partial charge in [-0.3, -0.25) is 14.3 Å². The molecule has 6 rings (SSSR count). The Morgan fingerprint density at radius 1 is 0.907 bits per heavy atom. The predicted octanol–water partition coefficient (Wildman–Crippen LogP) is 8.40. The third kappa shape index (κ3) is 7.60. The summed E-state index contributed by atoms with van der Waals surface area (Å²) in [5.41, 5.74) is -1.55. The molecule has 1 aliphatic heterocycles. The van der Waals surface area contributed by atoms with Gasteiger partial charge in [0.25, 0.3) is 5.56 Å². The van der Waals surface area contributed by atoms with Gasteiger partial charge in [0.15, 0.2) is 11.6 Å². The molecular formula is C41H38F5N3O5. The SMILES string of the molecule is COCCNC(c1ccccc1)C1CN(C(=O)OCc2ccccc2)c2c(Cc3c(F)cccc3C(F)(F)F)c(C)c(-c3cccc(OC)c3F)c(=O)n21. The molecule has 1 N–H and O–H groups in total. The molecule has 0 saturated carbocycles. The van der Waals surface area contributed by atoms with Gasteiger partial charge in [0.05, 0.1) is 43.5 Å². The first kappa shape index (κ1) is 38.2. The number of nitrogens with one attached hydrogen (secondary N) is 1. The van der Waals surface area contributed by atoms with E-state index in [9.17, 15) is 18.0 Å². The summed E-state index contributed by atoms with van der Waals surface area (Å²) in [4.78, 5) is 30.4. The van der Waals surface area contributed by atoms with Crippen LogP contribution in [0.15, 0.2) is 102 Å². The van der Waals surface area contributed by atoms with Crippen molar-refractivity contribution >= 4 is 11.9 Å². The third-order valence-electron chi connectivity index (χ3n) is 9.59. The summed E-state index contributed by atoms with van der Waals surface area (Å²) in [5.74, 6) is -2.27. The zero-order chi connectivity index (χ0) is 38.6. The summed E-state index contributed by atoms with van der Waals surface area (Å²) in [5, 5.41) is 3.41. The lowest BCUT2D eigenvalue weighted by Crippen LogP contribution is -2.37. The molecule has 0 aliphatic carbocycles. The Balaban J connectivity index is 1.65. The molecule has 0 radical (unpaired) electrons. The van der Waals surface area contributed by atoms with Crippen molar-refractivity contribution in [1.82, 2.24) is 9.88 Å². The number of amides is 1. The number of methoxy groups -OCH3 is 2. The second-order valence-electron chi connectivity index (χ2n) is 12.8. The first-order chi connectivity index (χ1) is 26.0. The van der Waals surface area contributed by atoms with Crippen molar-refractivity contribution in [3.63, 3.8) is 0 Å². The van der Waals surface area contributed by atoms with Crippen molar-refractivity contribution in [3.05, 3.63) is 152 Å². The standard InChI is InChI=1S/C41H38F5N3O5/c1-25-29(22-30-31(41(44,45)46)17-11-18-32(30)42)38-48(40(51)54-24-26-12-6-4-7-13-26)23-33(37(47-20-21-52-2)27-14-8-5-9-15-27)49(38)39(50)35(25)28-16-10-19-34(53-3)36(28)43/h4-19,33,37,47H,20-24H2,1-3H3. The van der Waals surface area contributed by atoms with Gasteiger partial charge in [-0.05, 0) is 41.8 Å². The Bertz CT molecular complexity index is 2180. The maximum atomic E-state index is 16.1. The van der Waals surface area contributed by atoms with E-state index in [2.05, 4.69) is 5.32 Å². The summed E-state index contributed by atoms with van der Waals surface area (Å²) in [6.07, 6.45) is -6.53. The number of halogens is 5. The van der Waals surface area contributed by atoms with Gasteiger partial charge < -0.3 is 19.5 Å². The number of alkyl halides is 3. The Morgan fingerprint density at radius 3 is 2.26 bits per heavy atom. The van der Waals surface area contributed by atoms with Crippen molar-refractivity contribution < 1.29 is 41.0 Å². The lowest BCUT2D eigenvalue weighted by atomic mass is 9.91. The Kier molecular flexibility index (Phi) is 11.5. The van der Waals surface area contributed by atoms with Crippen LogP contribution in [-0.4, -0.2) is 44.6 Å². The zero-order valence-electron chi connectivity index (χ0n) is 29.8. The fraction of sp³-hybridized carbons (Fsp3) is 0.268. The van der Waals surface area contributed by atoms with E-state index < -0.39 is 59.1 Å². The van der Waals surface area contributed by atoms with Crippen LogP contribution in [0, 0.1) is 18.6 Å². The van der Waals surface area contributed by atoms with Gasteiger partial charge in [-0.2, -0.15) is 13.2 Å². The smallest absolute Gasteiger partial charge is 0.416 e. The number of rotatable bonds is 12. The third-order valence-corrected chi connectivity index (χ3v) is 9.59. The first-order valence-electron chi connectivity index (χ1n) is 17.2. The van der Waals surface area contributed by atoms with Crippen molar-refractivity contribution in [2.75, 3.05) is 38.8 Å². The number of hydrogen-bond acceptors (Lipinski definition) is 6. The number of aromatic nitrogens is 1. The highest BCUT2D eigenvalue weighted by Crippen LogP contribution is 2.44. The Labute approximate surface area is 308 Å². The normalized spacial score (nSPS) is 14.5.